The zero-order valence-electron chi connectivity index (χ0n) is 9.10. The van der Waals surface area contributed by atoms with Gasteiger partial charge in [-0.15, -0.1) is 0 Å². The monoisotopic (exact) mass is 225 g/mol. The molecule has 2 rings (SSSR count). The van der Waals surface area contributed by atoms with E-state index in [1.54, 1.807) is 6.20 Å². The second-order valence-electron chi connectivity index (χ2n) is 4.02. The summed E-state index contributed by atoms with van der Waals surface area (Å²) < 4.78 is 0. The van der Waals surface area contributed by atoms with Crippen LogP contribution in [-0.4, -0.2) is 17.1 Å². The molecule has 0 unspecified atom stereocenters. The molecule has 1 aliphatic heterocycles. The Bertz CT molecular complexity index is 361. The minimum atomic E-state index is 0.133. The summed E-state index contributed by atoms with van der Waals surface area (Å²) in [6.45, 7) is 5.31. The summed E-state index contributed by atoms with van der Waals surface area (Å²) in [5, 5.41) is 7.56. The van der Waals surface area contributed by atoms with Crippen LogP contribution in [-0.2, 0) is 0 Å². The highest BCUT2D eigenvalue weighted by molar-refractivity contribution is 6.30. The van der Waals surface area contributed by atoms with Crippen LogP contribution < -0.4 is 10.6 Å². The maximum Gasteiger partial charge on any atom is 0.149 e. The van der Waals surface area contributed by atoms with Gasteiger partial charge in [0.1, 0.15) is 5.82 Å². The smallest absolute Gasteiger partial charge is 0.149 e. The number of nitrogens with zero attached hydrogens (tertiary/aromatic N) is 1. The second kappa shape index (κ2) is 3.89. The maximum atomic E-state index is 5.89. The Labute approximate surface area is 95.2 Å². The first-order valence-electron chi connectivity index (χ1n) is 5.37. The normalized spacial score (nSPS) is 17.5. The highest BCUT2D eigenvalue weighted by atomic mass is 35.5. The molecule has 0 saturated carbocycles. The molecule has 0 amide bonds. The van der Waals surface area contributed by atoms with E-state index in [0.29, 0.717) is 5.02 Å². The van der Waals surface area contributed by atoms with Crippen molar-refractivity contribution in [2.24, 2.45) is 0 Å². The van der Waals surface area contributed by atoms with Gasteiger partial charge in [-0.25, -0.2) is 4.98 Å². The van der Waals surface area contributed by atoms with Crippen LogP contribution in [0, 0.1) is 0 Å². The van der Waals surface area contributed by atoms with Crippen molar-refractivity contribution in [3.8, 4) is 0 Å². The molecule has 0 bridgehead atoms. The molecule has 0 fully saturated rings. The summed E-state index contributed by atoms with van der Waals surface area (Å²) >= 11 is 5.89. The molecule has 0 atom stereocenters. The van der Waals surface area contributed by atoms with Crippen LogP contribution in [0.5, 0.6) is 0 Å². The maximum absolute atomic E-state index is 5.89. The van der Waals surface area contributed by atoms with Gasteiger partial charge in [0.05, 0.1) is 16.2 Å². The fraction of sp³-hybridized carbons (Fsp3) is 0.545. The number of hydrogen-bond donors (Lipinski definition) is 2. The first kappa shape index (κ1) is 10.6. The standard InChI is InChI=1S/C11H16ClN3/c1-3-11(4-2)7-14-9-5-8(12)6-13-10(9)15-11/h5-6,14H,3-4,7H2,1-2H3,(H,13,15). The molecule has 1 aromatic rings. The van der Waals surface area contributed by atoms with E-state index in [2.05, 4.69) is 29.5 Å². The first-order chi connectivity index (χ1) is 7.19. The molecule has 0 saturated heterocycles. The lowest BCUT2D eigenvalue weighted by atomic mass is 9.91. The molecule has 2 heterocycles. The molecule has 3 nitrogen and oxygen atoms in total. The van der Waals surface area contributed by atoms with Gasteiger partial charge in [0.2, 0.25) is 0 Å². The summed E-state index contributed by atoms with van der Waals surface area (Å²) in [7, 11) is 0. The molecule has 82 valence electrons. The fourth-order valence-electron chi connectivity index (χ4n) is 1.91. The molecule has 4 heteroatoms. The average molecular weight is 226 g/mol. The van der Waals surface area contributed by atoms with Gasteiger partial charge in [0.15, 0.2) is 0 Å². The van der Waals surface area contributed by atoms with Crippen LogP contribution in [0.15, 0.2) is 12.3 Å². The summed E-state index contributed by atoms with van der Waals surface area (Å²) in [5.74, 6) is 0.911. The zero-order valence-corrected chi connectivity index (χ0v) is 9.86. The van der Waals surface area contributed by atoms with Gasteiger partial charge in [0, 0.05) is 12.7 Å². The van der Waals surface area contributed by atoms with Crippen LogP contribution in [0.3, 0.4) is 0 Å². The number of halogens is 1. The van der Waals surface area contributed by atoms with Crippen LogP contribution in [0.1, 0.15) is 26.7 Å². The minimum absolute atomic E-state index is 0.133. The molecule has 0 aliphatic carbocycles. The third-order valence-corrected chi connectivity index (χ3v) is 3.42. The van der Waals surface area contributed by atoms with E-state index >= 15 is 0 Å². The van der Waals surface area contributed by atoms with Crippen LogP contribution >= 0.6 is 11.6 Å². The topological polar surface area (TPSA) is 37.0 Å². The summed E-state index contributed by atoms with van der Waals surface area (Å²) in [6, 6.07) is 1.91. The van der Waals surface area contributed by atoms with Crippen molar-refractivity contribution in [2.75, 3.05) is 17.2 Å². The lowest BCUT2D eigenvalue weighted by Crippen LogP contribution is -2.47. The van der Waals surface area contributed by atoms with Gasteiger partial charge in [-0.05, 0) is 18.9 Å². The second-order valence-corrected chi connectivity index (χ2v) is 4.45. The van der Waals surface area contributed by atoms with Crippen molar-refractivity contribution in [3.05, 3.63) is 17.3 Å². The highest BCUT2D eigenvalue weighted by Crippen LogP contribution is 2.32. The summed E-state index contributed by atoms with van der Waals surface area (Å²) in [4.78, 5) is 4.30. The summed E-state index contributed by atoms with van der Waals surface area (Å²) in [6.07, 6.45) is 3.84. The van der Waals surface area contributed by atoms with E-state index in [1.807, 2.05) is 6.07 Å². The number of aromatic nitrogens is 1. The largest absolute Gasteiger partial charge is 0.380 e. The van der Waals surface area contributed by atoms with Crippen LogP contribution in [0.2, 0.25) is 5.02 Å². The van der Waals surface area contributed by atoms with E-state index in [1.165, 1.54) is 0 Å². The number of fused-ring (bicyclic) bond motifs is 1. The Balaban J connectivity index is 2.30. The molecule has 1 aromatic heterocycles. The van der Waals surface area contributed by atoms with E-state index in [0.717, 1.165) is 30.9 Å². The summed E-state index contributed by atoms with van der Waals surface area (Å²) in [5.41, 5.74) is 1.13. The average Bonchev–Trinajstić information content (AvgIpc) is 2.28. The molecule has 2 N–H and O–H groups in total. The van der Waals surface area contributed by atoms with Gasteiger partial charge in [0.25, 0.3) is 0 Å². The first-order valence-corrected chi connectivity index (χ1v) is 5.74. The Morgan fingerprint density at radius 1 is 1.47 bits per heavy atom. The van der Waals surface area contributed by atoms with Crippen molar-refractivity contribution < 1.29 is 0 Å². The predicted molar refractivity (Wildman–Crippen MR) is 64.7 cm³/mol. The van der Waals surface area contributed by atoms with Crippen molar-refractivity contribution in [1.29, 1.82) is 0 Å². The van der Waals surface area contributed by atoms with Crippen LogP contribution in [0.4, 0.5) is 11.5 Å². The number of pyridine rings is 1. The number of anilines is 2. The van der Waals surface area contributed by atoms with E-state index < -0.39 is 0 Å². The van der Waals surface area contributed by atoms with E-state index in [4.69, 9.17) is 11.6 Å². The third kappa shape index (κ3) is 1.88. The highest BCUT2D eigenvalue weighted by Gasteiger charge is 2.30. The van der Waals surface area contributed by atoms with Gasteiger partial charge >= 0.3 is 0 Å². The van der Waals surface area contributed by atoms with Crippen molar-refractivity contribution in [3.63, 3.8) is 0 Å². The third-order valence-electron chi connectivity index (χ3n) is 3.21. The van der Waals surface area contributed by atoms with E-state index in [9.17, 15) is 0 Å². The van der Waals surface area contributed by atoms with Gasteiger partial charge in [-0.2, -0.15) is 0 Å². The predicted octanol–water partition coefficient (Wildman–Crippen LogP) is 3.13. The Morgan fingerprint density at radius 3 is 2.87 bits per heavy atom. The molecular formula is C11H16ClN3. The van der Waals surface area contributed by atoms with Crippen LogP contribution in [0.25, 0.3) is 0 Å². The van der Waals surface area contributed by atoms with Crippen molar-refractivity contribution in [2.45, 2.75) is 32.2 Å². The number of hydrogen-bond acceptors (Lipinski definition) is 3. The molecular weight excluding hydrogens is 210 g/mol. The van der Waals surface area contributed by atoms with Gasteiger partial charge < -0.3 is 10.6 Å². The lowest BCUT2D eigenvalue weighted by molar-refractivity contribution is 0.449. The lowest BCUT2D eigenvalue weighted by Gasteiger charge is -2.38. The van der Waals surface area contributed by atoms with Crippen molar-refractivity contribution >= 4 is 23.1 Å². The minimum Gasteiger partial charge on any atom is -0.380 e. The Hall–Kier alpha value is -0.960. The van der Waals surface area contributed by atoms with E-state index in [-0.39, 0.29) is 5.54 Å². The number of nitrogens with one attached hydrogen (secondary N) is 2. The number of rotatable bonds is 2. The zero-order chi connectivity index (χ0) is 10.9. The SMILES string of the molecule is CCC1(CC)CNc2cc(Cl)cnc2N1. The van der Waals surface area contributed by atoms with Gasteiger partial charge in [-0.1, -0.05) is 25.4 Å². The Morgan fingerprint density at radius 2 is 2.20 bits per heavy atom. The molecule has 0 spiro atoms. The molecule has 15 heavy (non-hydrogen) atoms. The quantitative estimate of drug-likeness (QED) is 0.812. The molecule has 0 aromatic carbocycles. The molecule has 0 radical (unpaired) electrons. The molecule has 1 aliphatic rings. The Kier molecular flexibility index (Phi) is 2.74. The fourth-order valence-corrected chi connectivity index (χ4v) is 2.07. The van der Waals surface area contributed by atoms with Crippen molar-refractivity contribution in [1.82, 2.24) is 4.98 Å². The van der Waals surface area contributed by atoms with Gasteiger partial charge in [-0.3, -0.25) is 0 Å².